The van der Waals surface area contributed by atoms with Gasteiger partial charge in [-0.3, -0.25) is 9.59 Å². The van der Waals surface area contributed by atoms with E-state index >= 15 is 0 Å². The van der Waals surface area contributed by atoms with Crippen LogP contribution in [-0.4, -0.2) is 34.8 Å². The molecule has 0 saturated heterocycles. The van der Waals surface area contributed by atoms with Crippen LogP contribution in [0.25, 0.3) is 0 Å². The molecule has 0 bridgehead atoms. The molecule has 1 aromatic rings. The molecular formula is C9H8Cl2N2O3S. The van der Waals surface area contributed by atoms with Gasteiger partial charge in [-0.2, -0.15) is 0 Å². The number of aromatic nitrogens is 2. The summed E-state index contributed by atoms with van der Waals surface area (Å²) < 4.78 is 4.75. The van der Waals surface area contributed by atoms with Crippen molar-refractivity contribution in [2.45, 2.75) is 11.8 Å². The molecule has 0 radical (unpaired) electrons. The van der Waals surface area contributed by atoms with Crippen LogP contribution < -0.4 is 0 Å². The van der Waals surface area contributed by atoms with Gasteiger partial charge in [0, 0.05) is 0 Å². The molecule has 92 valence electrons. The van der Waals surface area contributed by atoms with Crippen LogP contribution in [0.3, 0.4) is 0 Å². The van der Waals surface area contributed by atoms with Crippen molar-refractivity contribution in [3.63, 3.8) is 0 Å². The van der Waals surface area contributed by atoms with Crippen LogP contribution in [0.15, 0.2) is 4.90 Å². The van der Waals surface area contributed by atoms with Gasteiger partial charge in [-0.25, -0.2) is 0 Å². The third-order valence-corrected chi connectivity index (χ3v) is 3.38. The zero-order valence-corrected chi connectivity index (χ0v) is 11.1. The summed E-state index contributed by atoms with van der Waals surface area (Å²) in [4.78, 5) is 22.3. The number of carbonyl (C=O) groups is 2. The standard InChI is InChI=1S/C9H8Cl2N2O3S/c1-2-16-6(15)4-17-7-5(3-14)8(10)12-13-9(7)11/h3H,2,4H2,1H3. The second-order valence-corrected chi connectivity index (χ2v) is 4.44. The smallest absolute Gasteiger partial charge is 0.316 e. The number of esters is 1. The van der Waals surface area contributed by atoms with Crippen molar-refractivity contribution in [1.29, 1.82) is 0 Å². The zero-order chi connectivity index (χ0) is 12.8. The number of nitrogens with zero attached hydrogens (tertiary/aromatic N) is 2. The second-order valence-electron chi connectivity index (χ2n) is 2.74. The van der Waals surface area contributed by atoms with Gasteiger partial charge in [-0.15, -0.1) is 22.0 Å². The van der Waals surface area contributed by atoms with E-state index in [2.05, 4.69) is 10.2 Å². The number of carbonyl (C=O) groups excluding carboxylic acids is 2. The van der Waals surface area contributed by atoms with Crippen molar-refractivity contribution in [3.8, 4) is 0 Å². The lowest BCUT2D eigenvalue weighted by atomic mass is 10.3. The highest BCUT2D eigenvalue weighted by Crippen LogP contribution is 2.30. The molecular weight excluding hydrogens is 287 g/mol. The van der Waals surface area contributed by atoms with Crippen LogP contribution in [0.5, 0.6) is 0 Å². The van der Waals surface area contributed by atoms with E-state index in [1.165, 1.54) is 0 Å². The highest BCUT2D eigenvalue weighted by Gasteiger charge is 2.16. The Bertz CT molecular complexity index is 442. The molecule has 1 heterocycles. The van der Waals surface area contributed by atoms with Gasteiger partial charge in [0.05, 0.1) is 22.8 Å². The molecule has 5 nitrogen and oxygen atoms in total. The first kappa shape index (κ1) is 14.2. The van der Waals surface area contributed by atoms with Crippen LogP contribution in [0.2, 0.25) is 10.3 Å². The molecule has 0 atom stereocenters. The molecule has 0 N–H and O–H groups in total. The van der Waals surface area contributed by atoms with E-state index in [-0.39, 0.29) is 21.6 Å². The minimum atomic E-state index is -0.404. The number of aldehydes is 1. The minimum Gasteiger partial charge on any atom is -0.465 e. The number of hydrogen-bond donors (Lipinski definition) is 0. The fraction of sp³-hybridized carbons (Fsp3) is 0.333. The predicted molar refractivity (Wildman–Crippen MR) is 64.8 cm³/mol. The van der Waals surface area contributed by atoms with E-state index in [4.69, 9.17) is 27.9 Å². The molecule has 0 aliphatic carbocycles. The first-order valence-corrected chi connectivity index (χ1v) is 6.29. The Kier molecular flexibility index (Phi) is 5.67. The Morgan fingerprint density at radius 3 is 2.65 bits per heavy atom. The average molecular weight is 295 g/mol. The zero-order valence-electron chi connectivity index (χ0n) is 8.77. The summed E-state index contributed by atoms with van der Waals surface area (Å²) in [5.41, 5.74) is 0.126. The van der Waals surface area contributed by atoms with Crippen molar-refractivity contribution in [2.24, 2.45) is 0 Å². The van der Waals surface area contributed by atoms with Gasteiger partial charge in [-0.05, 0) is 6.92 Å². The maximum absolute atomic E-state index is 11.2. The lowest BCUT2D eigenvalue weighted by Crippen LogP contribution is -2.07. The highest BCUT2D eigenvalue weighted by atomic mass is 35.5. The van der Waals surface area contributed by atoms with E-state index in [9.17, 15) is 9.59 Å². The molecule has 0 unspecified atom stereocenters. The summed E-state index contributed by atoms with van der Waals surface area (Å²) in [7, 11) is 0. The Labute approximate surface area is 112 Å². The molecule has 0 saturated carbocycles. The molecule has 0 fully saturated rings. The number of thioether (sulfide) groups is 1. The van der Waals surface area contributed by atoms with E-state index in [1.54, 1.807) is 6.92 Å². The van der Waals surface area contributed by atoms with Gasteiger partial charge in [-0.1, -0.05) is 23.2 Å². The fourth-order valence-electron chi connectivity index (χ4n) is 0.965. The van der Waals surface area contributed by atoms with Crippen molar-refractivity contribution in [2.75, 3.05) is 12.4 Å². The minimum absolute atomic E-state index is 0.0242. The maximum atomic E-state index is 11.2. The first-order chi connectivity index (χ1) is 8.10. The Balaban J connectivity index is 2.86. The largest absolute Gasteiger partial charge is 0.465 e. The summed E-state index contributed by atoms with van der Waals surface area (Å²) in [6, 6.07) is 0. The van der Waals surface area contributed by atoms with Crippen LogP contribution in [-0.2, 0) is 9.53 Å². The lowest BCUT2D eigenvalue weighted by Gasteiger charge is -2.06. The van der Waals surface area contributed by atoms with E-state index in [0.717, 1.165) is 11.8 Å². The predicted octanol–water partition coefficient (Wildman–Crippen LogP) is 2.25. The highest BCUT2D eigenvalue weighted by molar-refractivity contribution is 8.00. The van der Waals surface area contributed by atoms with Gasteiger partial charge in [0.15, 0.2) is 16.6 Å². The second kappa shape index (κ2) is 6.78. The van der Waals surface area contributed by atoms with Crippen molar-refractivity contribution in [3.05, 3.63) is 15.9 Å². The summed E-state index contributed by atoms with van der Waals surface area (Å²) >= 11 is 12.5. The molecule has 0 aliphatic heterocycles. The van der Waals surface area contributed by atoms with Crippen LogP contribution in [0.4, 0.5) is 0 Å². The van der Waals surface area contributed by atoms with Crippen molar-refractivity contribution >= 4 is 47.2 Å². The van der Waals surface area contributed by atoms with Gasteiger partial charge < -0.3 is 4.74 Å². The topological polar surface area (TPSA) is 69.2 Å². The Hall–Kier alpha value is -0.850. The molecule has 8 heteroatoms. The maximum Gasteiger partial charge on any atom is 0.316 e. The molecule has 0 amide bonds. The SMILES string of the molecule is CCOC(=O)CSc1c(Cl)nnc(Cl)c1C=O. The van der Waals surface area contributed by atoms with Crippen LogP contribution in [0, 0.1) is 0 Å². The average Bonchev–Trinajstić information content (AvgIpc) is 2.30. The molecule has 0 aliphatic rings. The third-order valence-electron chi connectivity index (χ3n) is 1.64. The molecule has 0 spiro atoms. The summed E-state index contributed by atoms with van der Waals surface area (Å²) in [5, 5.41) is 7.05. The quantitative estimate of drug-likeness (QED) is 0.471. The Morgan fingerprint density at radius 1 is 1.41 bits per heavy atom. The van der Waals surface area contributed by atoms with Gasteiger partial charge in [0.25, 0.3) is 0 Å². The van der Waals surface area contributed by atoms with E-state index in [1.807, 2.05) is 0 Å². The number of rotatable bonds is 5. The van der Waals surface area contributed by atoms with Crippen molar-refractivity contribution < 1.29 is 14.3 Å². The van der Waals surface area contributed by atoms with Crippen molar-refractivity contribution in [1.82, 2.24) is 10.2 Å². The Morgan fingerprint density at radius 2 is 2.06 bits per heavy atom. The monoisotopic (exact) mass is 294 g/mol. The molecule has 1 rings (SSSR count). The number of halogens is 2. The molecule has 0 aromatic carbocycles. The summed E-state index contributed by atoms with van der Waals surface area (Å²) in [6.07, 6.45) is 0.524. The molecule has 1 aromatic heterocycles. The van der Waals surface area contributed by atoms with Crippen LogP contribution in [0.1, 0.15) is 17.3 Å². The third kappa shape index (κ3) is 3.83. The number of hydrogen-bond acceptors (Lipinski definition) is 6. The van der Waals surface area contributed by atoms with Gasteiger partial charge >= 0.3 is 5.97 Å². The van der Waals surface area contributed by atoms with E-state index < -0.39 is 5.97 Å². The lowest BCUT2D eigenvalue weighted by molar-refractivity contribution is -0.139. The van der Waals surface area contributed by atoms with Gasteiger partial charge in [0.2, 0.25) is 0 Å². The first-order valence-electron chi connectivity index (χ1n) is 4.55. The van der Waals surface area contributed by atoms with Gasteiger partial charge in [0.1, 0.15) is 0 Å². The fourth-order valence-corrected chi connectivity index (χ4v) is 2.31. The number of ether oxygens (including phenoxy) is 1. The molecule has 17 heavy (non-hydrogen) atoms. The summed E-state index contributed by atoms with van der Waals surface area (Å²) in [5.74, 6) is -0.380. The van der Waals surface area contributed by atoms with E-state index in [0.29, 0.717) is 17.8 Å². The van der Waals surface area contributed by atoms with Crippen LogP contribution >= 0.6 is 35.0 Å². The normalized spacial score (nSPS) is 10.1. The summed E-state index contributed by atoms with van der Waals surface area (Å²) in [6.45, 7) is 2.00.